The predicted molar refractivity (Wildman–Crippen MR) is 70.3 cm³/mol. The van der Waals surface area contributed by atoms with E-state index in [2.05, 4.69) is 15.5 Å². The molecule has 4 nitrogen and oxygen atoms in total. The molecule has 5 heteroatoms. The first-order valence-corrected chi connectivity index (χ1v) is 5.68. The Morgan fingerprint density at radius 3 is 2.58 bits per heavy atom. The quantitative estimate of drug-likeness (QED) is 0.678. The number of carbonyl (C=O) groups excluding carboxylic acids is 1. The Hall–Kier alpha value is -2.56. The number of pyridine rings is 1. The van der Waals surface area contributed by atoms with Crippen LogP contribution in [-0.2, 0) is 0 Å². The number of carbonyl (C=O) groups is 1. The van der Waals surface area contributed by atoms with Gasteiger partial charge in [0.05, 0.1) is 5.71 Å². The number of halogens is 1. The second-order valence-corrected chi connectivity index (χ2v) is 3.86. The second kappa shape index (κ2) is 5.86. The van der Waals surface area contributed by atoms with E-state index in [0.717, 1.165) is 5.56 Å². The molecule has 0 radical (unpaired) electrons. The third-order valence-corrected chi connectivity index (χ3v) is 2.48. The van der Waals surface area contributed by atoms with Gasteiger partial charge in [-0.3, -0.25) is 9.78 Å². The van der Waals surface area contributed by atoms with E-state index in [9.17, 15) is 9.18 Å². The van der Waals surface area contributed by atoms with E-state index < -0.39 is 0 Å². The molecule has 0 fully saturated rings. The van der Waals surface area contributed by atoms with Gasteiger partial charge in [0, 0.05) is 6.20 Å². The minimum atomic E-state index is -0.387. The number of rotatable bonds is 3. The van der Waals surface area contributed by atoms with Gasteiger partial charge in [0.2, 0.25) is 0 Å². The van der Waals surface area contributed by atoms with Crippen molar-refractivity contribution < 1.29 is 9.18 Å². The van der Waals surface area contributed by atoms with E-state index in [1.165, 1.54) is 18.3 Å². The molecule has 2 aromatic rings. The molecule has 1 aromatic heterocycles. The van der Waals surface area contributed by atoms with Gasteiger partial charge in [-0.2, -0.15) is 5.10 Å². The van der Waals surface area contributed by atoms with Crippen molar-refractivity contribution in [2.24, 2.45) is 5.10 Å². The van der Waals surface area contributed by atoms with Crippen molar-refractivity contribution in [1.29, 1.82) is 0 Å². The number of nitrogens with zero attached hydrogens (tertiary/aromatic N) is 2. The fraction of sp³-hybridized carbons (Fsp3) is 0.0714. The maximum atomic E-state index is 12.8. The van der Waals surface area contributed by atoms with Gasteiger partial charge in [-0.05, 0) is 36.8 Å². The highest BCUT2D eigenvalue weighted by molar-refractivity contribution is 6.00. The zero-order valence-electron chi connectivity index (χ0n) is 10.3. The first kappa shape index (κ1) is 12.9. The number of amides is 1. The Labute approximate surface area is 110 Å². The Morgan fingerprint density at radius 1 is 1.21 bits per heavy atom. The van der Waals surface area contributed by atoms with E-state index in [1.54, 1.807) is 37.3 Å². The summed E-state index contributed by atoms with van der Waals surface area (Å²) in [7, 11) is 0. The van der Waals surface area contributed by atoms with Crippen LogP contribution < -0.4 is 5.43 Å². The number of hydrogen-bond donors (Lipinski definition) is 1. The van der Waals surface area contributed by atoms with Crippen LogP contribution in [0.2, 0.25) is 0 Å². The molecule has 0 atom stereocenters. The lowest BCUT2D eigenvalue weighted by Crippen LogP contribution is -2.20. The number of hydrazone groups is 1. The van der Waals surface area contributed by atoms with Crippen molar-refractivity contribution in [1.82, 2.24) is 10.4 Å². The fourth-order valence-corrected chi connectivity index (χ4v) is 1.44. The first-order chi connectivity index (χ1) is 9.16. The molecule has 0 aliphatic rings. The summed E-state index contributed by atoms with van der Waals surface area (Å²) in [6.07, 6.45) is 1.53. The van der Waals surface area contributed by atoms with Crippen LogP contribution in [0.4, 0.5) is 4.39 Å². The molecule has 0 unspecified atom stereocenters. The molecular formula is C14H12FN3O. The Morgan fingerprint density at radius 2 is 1.95 bits per heavy atom. The third kappa shape index (κ3) is 3.45. The summed E-state index contributed by atoms with van der Waals surface area (Å²) >= 11 is 0. The van der Waals surface area contributed by atoms with Gasteiger partial charge in [0.15, 0.2) is 0 Å². The highest BCUT2D eigenvalue weighted by Crippen LogP contribution is 2.04. The first-order valence-electron chi connectivity index (χ1n) is 5.68. The van der Waals surface area contributed by atoms with Crippen LogP contribution >= 0.6 is 0 Å². The molecule has 0 bridgehead atoms. The lowest BCUT2D eigenvalue weighted by Gasteiger charge is -2.02. The van der Waals surface area contributed by atoms with E-state index in [4.69, 9.17) is 0 Å². The van der Waals surface area contributed by atoms with Crippen molar-refractivity contribution in [3.63, 3.8) is 0 Å². The van der Waals surface area contributed by atoms with Crippen LogP contribution in [0.1, 0.15) is 23.0 Å². The summed E-state index contributed by atoms with van der Waals surface area (Å²) in [5.74, 6) is -0.698. The average molecular weight is 257 g/mol. The van der Waals surface area contributed by atoms with Crippen LogP contribution in [0.25, 0.3) is 0 Å². The van der Waals surface area contributed by atoms with Gasteiger partial charge in [-0.1, -0.05) is 18.2 Å². The molecule has 19 heavy (non-hydrogen) atoms. The minimum Gasteiger partial charge on any atom is -0.266 e. The van der Waals surface area contributed by atoms with Gasteiger partial charge in [-0.15, -0.1) is 0 Å². The number of hydrogen-bond acceptors (Lipinski definition) is 3. The predicted octanol–water partition coefficient (Wildman–Crippen LogP) is 2.37. The largest absolute Gasteiger partial charge is 0.289 e. The summed E-state index contributed by atoms with van der Waals surface area (Å²) in [4.78, 5) is 15.6. The second-order valence-electron chi connectivity index (χ2n) is 3.86. The zero-order valence-corrected chi connectivity index (χ0v) is 10.3. The Balaban J connectivity index is 2.06. The molecule has 96 valence electrons. The summed E-state index contributed by atoms with van der Waals surface area (Å²) < 4.78 is 12.8. The normalized spacial score (nSPS) is 11.2. The summed E-state index contributed by atoms with van der Waals surface area (Å²) in [6.45, 7) is 1.73. The van der Waals surface area contributed by atoms with E-state index >= 15 is 0 Å². The third-order valence-electron chi connectivity index (χ3n) is 2.48. The summed E-state index contributed by atoms with van der Waals surface area (Å²) in [5, 5.41) is 3.96. The fourth-order valence-electron chi connectivity index (χ4n) is 1.44. The molecule has 1 N–H and O–H groups in total. The van der Waals surface area contributed by atoms with Crippen LogP contribution in [0, 0.1) is 5.82 Å². The van der Waals surface area contributed by atoms with Gasteiger partial charge in [-0.25, -0.2) is 9.82 Å². The monoisotopic (exact) mass is 257 g/mol. The van der Waals surface area contributed by atoms with Crippen LogP contribution in [0.5, 0.6) is 0 Å². The molecule has 0 spiro atoms. The van der Waals surface area contributed by atoms with E-state index in [0.29, 0.717) is 5.71 Å². The molecule has 1 aromatic carbocycles. The molecule has 0 aliphatic carbocycles. The number of aromatic nitrogens is 1. The molecular weight excluding hydrogens is 245 g/mol. The molecule has 1 amide bonds. The van der Waals surface area contributed by atoms with Crippen LogP contribution in [0.3, 0.4) is 0 Å². The van der Waals surface area contributed by atoms with Gasteiger partial charge >= 0.3 is 0 Å². The number of nitrogens with one attached hydrogen (secondary N) is 1. The topological polar surface area (TPSA) is 54.4 Å². The van der Waals surface area contributed by atoms with Gasteiger partial charge < -0.3 is 0 Å². The average Bonchev–Trinajstić information content (AvgIpc) is 2.46. The van der Waals surface area contributed by atoms with Crippen molar-refractivity contribution in [3.8, 4) is 0 Å². The zero-order chi connectivity index (χ0) is 13.7. The maximum absolute atomic E-state index is 12.8. The van der Waals surface area contributed by atoms with E-state index in [1.807, 2.05) is 0 Å². The SMILES string of the molecule is C/C(=N/NC(=O)c1ccccn1)c1ccc(F)cc1. The standard InChI is InChI=1S/C14H12FN3O/c1-10(11-5-7-12(15)8-6-11)17-18-14(19)13-4-2-3-9-16-13/h2-9H,1H3,(H,18,19)/b17-10-. The summed E-state index contributed by atoms with van der Waals surface area (Å²) in [5.41, 5.74) is 4.02. The molecule has 1 heterocycles. The van der Waals surface area contributed by atoms with Crippen LogP contribution in [-0.4, -0.2) is 16.6 Å². The molecule has 0 saturated heterocycles. The summed E-state index contributed by atoms with van der Waals surface area (Å²) in [6, 6.07) is 10.9. The van der Waals surface area contributed by atoms with Gasteiger partial charge in [0.1, 0.15) is 11.5 Å². The lowest BCUT2D eigenvalue weighted by atomic mass is 10.1. The van der Waals surface area contributed by atoms with Gasteiger partial charge in [0.25, 0.3) is 5.91 Å². The molecule has 2 rings (SSSR count). The lowest BCUT2D eigenvalue weighted by molar-refractivity contribution is 0.0950. The van der Waals surface area contributed by atoms with Crippen molar-refractivity contribution in [2.45, 2.75) is 6.92 Å². The van der Waals surface area contributed by atoms with Crippen LogP contribution in [0.15, 0.2) is 53.8 Å². The minimum absolute atomic E-state index is 0.290. The highest BCUT2D eigenvalue weighted by atomic mass is 19.1. The Kier molecular flexibility index (Phi) is 3.97. The number of benzene rings is 1. The Bertz CT molecular complexity index is 594. The smallest absolute Gasteiger partial charge is 0.266 e. The maximum Gasteiger partial charge on any atom is 0.289 e. The van der Waals surface area contributed by atoms with E-state index in [-0.39, 0.29) is 17.4 Å². The van der Waals surface area contributed by atoms with Crippen molar-refractivity contribution in [3.05, 3.63) is 65.7 Å². The highest BCUT2D eigenvalue weighted by Gasteiger charge is 2.05. The van der Waals surface area contributed by atoms with Crippen molar-refractivity contribution >= 4 is 11.6 Å². The van der Waals surface area contributed by atoms with Crippen molar-refractivity contribution in [2.75, 3.05) is 0 Å². The molecule has 0 saturated carbocycles. The molecule has 0 aliphatic heterocycles.